The van der Waals surface area contributed by atoms with Gasteiger partial charge in [-0.05, 0) is 44.1 Å². The van der Waals surface area contributed by atoms with E-state index in [4.69, 9.17) is 0 Å². The zero-order chi connectivity index (χ0) is 14.7. The van der Waals surface area contributed by atoms with Gasteiger partial charge in [-0.1, -0.05) is 28.1 Å². The van der Waals surface area contributed by atoms with Crippen molar-refractivity contribution in [3.63, 3.8) is 0 Å². The first-order valence-corrected chi connectivity index (χ1v) is 8.23. The molecule has 0 amide bonds. The summed E-state index contributed by atoms with van der Waals surface area (Å²) in [6.45, 7) is 3.16. The Labute approximate surface area is 134 Å². The van der Waals surface area contributed by atoms with E-state index in [1.54, 1.807) is 0 Å². The van der Waals surface area contributed by atoms with E-state index in [0.29, 0.717) is 6.04 Å². The van der Waals surface area contributed by atoms with Gasteiger partial charge in [0.2, 0.25) is 0 Å². The van der Waals surface area contributed by atoms with E-state index in [9.17, 15) is 0 Å². The minimum atomic E-state index is 0.611. The van der Waals surface area contributed by atoms with E-state index in [1.807, 2.05) is 13.2 Å². The second-order valence-electron chi connectivity index (χ2n) is 5.61. The summed E-state index contributed by atoms with van der Waals surface area (Å²) in [6.07, 6.45) is 4.46. The third-order valence-electron chi connectivity index (χ3n) is 4.07. The largest absolute Gasteiger partial charge is 0.341 e. The number of hydrogen-bond donors (Lipinski definition) is 2. The molecular weight excluding hydrogens is 328 g/mol. The standard InChI is InChI=1S/C16H21BrN4/c1-18-14-3-2-8-21(10-14)11-16-19-9-15(20-16)12-4-6-13(17)7-5-12/h4-7,9,14,18H,2-3,8,10-11H2,1H3,(H,19,20). The van der Waals surface area contributed by atoms with Crippen molar-refractivity contribution in [1.82, 2.24) is 20.2 Å². The molecule has 1 aliphatic heterocycles. The summed E-state index contributed by atoms with van der Waals surface area (Å²) >= 11 is 3.46. The number of nitrogens with one attached hydrogen (secondary N) is 2. The maximum atomic E-state index is 4.53. The number of rotatable bonds is 4. The molecule has 1 fully saturated rings. The van der Waals surface area contributed by atoms with Gasteiger partial charge in [-0.2, -0.15) is 0 Å². The fourth-order valence-electron chi connectivity index (χ4n) is 2.87. The summed E-state index contributed by atoms with van der Waals surface area (Å²) < 4.78 is 1.09. The van der Waals surface area contributed by atoms with Gasteiger partial charge in [0.15, 0.2) is 0 Å². The molecular formula is C16H21BrN4. The number of likely N-dealkylation sites (N-methyl/N-ethyl adjacent to an activating group) is 1. The maximum absolute atomic E-state index is 4.53. The Hall–Kier alpha value is -1.17. The van der Waals surface area contributed by atoms with E-state index in [-0.39, 0.29) is 0 Å². The van der Waals surface area contributed by atoms with Crippen LogP contribution in [-0.2, 0) is 6.54 Å². The Morgan fingerprint density at radius 2 is 2.19 bits per heavy atom. The first-order valence-electron chi connectivity index (χ1n) is 7.44. The lowest BCUT2D eigenvalue weighted by Crippen LogP contribution is -2.44. The van der Waals surface area contributed by atoms with E-state index in [0.717, 1.165) is 35.6 Å². The van der Waals surface area contributed by atoms with E-state index in [2.05, 4.69) is 60.4 Å². The topological polar surface area (TPSA) is 44.0 Å². The highest BCUT2D eigenvalue weighted by atomic mass is 79.9. The molecule has 2 heterocycles. The highest BCUT2D eigenvalue weighted by molar-refractivity contribution is 9.10. The van der Waals surface area contributed by atoms with Crippen LogP contribution in [0.2, 0.25) is 0 Å². The zero-order valence-electron chi connectivity index (χ0n) is 12.3. The zero-order valence-corrected chi connectivity index (χ0v) is 13.9. The van der Waals surface area contributed by atoms with Gasteiger partial charge in [-0.25, -0.2) is 4.98 Å². The molecule has 1 unspecified atom stereocenters. The Bertz CT molecular complexity index is 578. The Kier molecular flexibility index (Phi) is 4.73. The van der Waals surface area contributed by atoms with E-state index in [1.165, 1.54) is 18.4 Å². The van der Waals surface area contributed by atoms with Gasteiger partial charge < -0.3 is 10.3 Å². The van der Waals surface area contributed by atoms with Crippen LogP contribution in [0.25, 0.3) is 11.3 Å². The van der Waals surface area contributed by atoms with Crippen LogP contribution < -0.4 is 5.32 Å². The number of H-pyrrole nitrogens is 1. The fraction of sp³-hybridized carbons (Fsp3) is 0.438. The SMILES string of the molecule is CNC1CCCN(Cc2ncc(-c3ccc(Br)cc3)[nH]2)C1. The summed E-state index contributed by atoms with van der Waals surface area (Å²) in [5.41, 5.74) is 2.25. The van der Waals surface area contributed by atoms with Crippen molar-refractivity contribution in [2.75, 3.05) is 20.1 Å². The second kappa shape index (κ2) is 6.73. The van der Waals surface area contributed by atoms with Gasteiger partial charge in [0.25, 0.3) is 0 Å². The van der Waals surface area contributed by atoms with Crippen LogP contribution in [0.3, 0.4) is 0 Å². The monoisotopic (exact) mass is 348 g/mol. The minimum absolute atomic E-state index is 0.611. The smallest absolute Gasteiger partial charge is 0.120 e. The number of hydrogen-bond acceptors (Lipinski definition) is 3. The van der Waals surface area contributed by atoms with Gasteiger partial charge in [-0.15, -0.1) is 0 Å². The first-order chi connectivity index (χ1) is 10.2. The van der Waals surface area contributed by atoms with Gasteiger partial charge in [0, 0.05) is 17.1 Å². The molecule has 4 nitrogen and oxygen atoms in total. The average Bonchev–Trinajstić information content (AvgIpc) is 2.96. The normalized spacial score (nSPS) is 19.8. The quantitative estimate of drug-likeness (QED) is 0.892. The average molecular weight is 349 g/mol. The highest BCUT2D eigenvalue weighted by Gasteiger charge is 2.19. The predicted molar refractivity (Wildman–Crippen MR) is 89.1 cm³/mol. The Balaban J connectivity index is 1.66. The molecule has 21 heavy (non-hydrogen) atoms. The molecule has 5 heteroatoms. The molecule has 1 atom stereocenters. The predicted octanol–water partition coefficient (Wildman–Crippen LogP) is 3.02. The maximum Gasteiger partial charge on any atom is 0.120 e. The van der Waals surface area contributed by atoms with Crippen molar-refractivity contribution in [2.45, 2.75) is 25.4 Å². The van der Waals surface area contributed by atoms with Gasteiger partial charge in [0.1, 0.15) is 5.82 Å². The van der Waals surface area contributed by atoms with E-state index >= 15 is 0 Å². The highest BCUT2D eigenvalue weighted by Crippen LogP contribution is 2.20. The van der Waals surface area contributed by atoms with Crippen molar-refractivity contribution >= 4 is 15.9 Å². The molecule has 112 valence electrons. The third-order valence-corrected chi connectivity index (χ3v) is 4.60. The molecule has 2 aromatic rings. The van der Waals surface area contributed by atoms with Crippen molar-refractivity contribution in [3.05, 3.63) is 40.8 Å². The molecule has 0 bridgehead atoms. The molecule has 0 aliphatic carbocycles. The molecule has 2 N–H and O–H groups in total. The van der Waals surface area contributed by atoms with Gasteiger partial charge >= 0.3 is 0 Å². The fourth-order valence-corrected chi connectivity index (χ4v) is 3.13. The van der Waals surface area contributed by atoms with E-state index < -0.39 is 0 Å². The molecule has 0 saturated carbocycles. The van der Waals surface area contributed by atoms with Crippen molar-refractivity contribution < 1.29 is 0 Å². The van der Waals surface area contributed by atoms with Crippen LogP contribution in [0.1, 0.15) is 18.7 Å². The molecule has 3 rings (SSSR count). The summed E-state index contributed by atoms with van der Waals surface area (Å²) in [7, 11) is 2.05. The summed E-state index contributed by atoms with van der Waals surface area (Å²) in [5.74, 6) is 1.05. The van der Waals surface area contributed by atoms with Crippen LogP contribution >= 0.6 is 15.9 Å². The van der Waals surface area contributed by atoms with Crippen LogP contribution in [-0.4, -0.2) is 41.0 Å². The van der Waals surface area contributed by atoms with Crippen molar-refractivity contribution in [2.24, 2.45) is 0 Å². The van der Waals surface area contributed by atoms with Crippen LogP contribution in [0, 0.1) is 0 Å². The van der Waals surface area contributed by atoms with Crippen molar-refractivity contribution in [3.8, 4) is 11.3 Å². The summed E-state index contributed by atoms with van der Waals surface area (Å²) in [5, 5.41) is 3.38. The summed E-state index contributed by atoms with van der Waals surface area (Å²) in [4.78, 5) is 10.4. The lowest BCUT2D eigenvalue weighted by molar-refractivity contribution is 0.184. The molecule has 0 spiro atoms. The third kappa shape index (κ3) is 3.73. The first kappa shape index (κ1) is 14.8. The second-order valence-corrected chi connectivity index (χ2v) is 6.53. The molecule has 1 saturated heterocycles. The number of nitrogens with zero attached hydrogens (tertiary/aromatic N) is 2. The Morgan fingerprint density at radius 3 is 2.95 bits per heavy atom. The van der Waals surface area contributed by atoms with Crippen LogP contribution in [0.5, 0.6) is 0 Å². The molecule has 1 aliphatic rings. The number of piperidine rings is 1. The lowest BCUT2D eigenvalue weighted by atomic mass is 10.1. The molecule has 1 aromatic carbocycles. The number of aromatic amines is 1. The van der Waals surface area contributed by atoms with Crippen LogP contribution in [0.15, 0.2) is 34.9 Å². The number of likely N-dealkylation sites (tertiary alicyclic amines) is 1. The number of imidazole rings is 1. The minimum Gasteiger partial charge on any atom is -0.341 e. The number of halogens is 1. The summed E-state index contributed by atoms with van der Waals surface area (Å²) in [6, 6.07) is 8.91. The Morgan fingerprint density at radius 1 is 1.38 bits per heavy atom. The lowest BCUT2D eigenvalue weighted by Gasteiger charge is -2.31. The van der Waals surface area contributed by atoms with Crippen molar-refractivity contribution in [1.29, 1.82) is 0 Å². The number of aromatic nitrogens is 2. The van der Waals surface area contributed by atoms with Gasteiger partial charge in [0.05, 0.1) is 18.4 Å². The number of benzene rings is 1. The van der Waals surface area contributed by atoms with Gasteiger partial charge in [-0.3, -0.25) is 4.90 Å². The molecule has 1 aromatic heterocycles. The molecule has 0 radical (unpaired) electrons. The van der Waals surface area contributed by atoms with Crippen LogP contribution in [0.4, 0.5) is 0 Å².